The molecule has 0 bridgehead atoms. The van der Waals surface area contributed by atoms with E-state index in [1.165, 1.54) is 12.4 Å². The molecule has 0 amide bonds. The molecule has 0 fully saturated rings. The molecule has 1 rings (SSSR count). The van der Waals surface area contributed by atoms with E-state index in [0.29, 0.717) is 0 Å². The molecule has 1 heterocycles. The quantitative estimate of drug-likeness (QED) is 0.407. The van der Waals surface area contributed by atoms with E-state index in [-0.39, 0.29) is 0 Å². The van der Waals surface area contributed by atoms with Crippen molar-refractivity contribution in [2.45, 2.75) is 0 Å². The summed E-state index contributed by atoms with van der Waals surface area (Å²) in [5.41, 5.74) is 3.30. The average molecular weight is 83.1 g/mol. The maximum Gasteiger partial charge on any atom is 0.0712 e. The Balaban J connectivity index is 2.46. The number of nitrogens with zero attached hydrogens (tertiary/aromatic N) is 2. The Morgan fingerprint density at radius 3 is 2.67 bits per heavy atom. The number of rotatable bonds is 0. The molecule has 3 nitrogen and oxygen atoms in total. The molecular formula is C3H3N2O. The molecular weight excluding hydrogens is 80.0 g/mol. The summed E-state index contributed by atoms with van der Waals surface area (Å²) in [6, 6.07) is 0. The largest absolute Gasteiger partial charge is 0.245 e. The molecule has 0 aliphatic carbocycles. The van der Waals surface area contributed by atoms with Crippen LogP contribution in [-0.2, 0) is 4.94 Å². The normalized spacial score (nSPS) is 16.0. The van der Waals surface area contributed by atoms with Crippen LogP contribution in [0.5, 0.6) is 0 Å². The number of hydroxylamine groups is 1. The monoisotopic (exact) mass is 83.0 g/mol. The van der Waals surface area contributed by atoms with E-state index in [9.17, 15) is 0 Å². The van der Waals surface area contributed by atoms with Crippen LogP contribution in [0.4, 0.5) is 0 Å². The Hall–Kier alpha value is -0.990. The lowest BCUT2D eigenvalue weighted by Gasteiger charge is -1.89. The highest BCUT2D eigenvalue weighted by Crippen LogP contribution is 1.77. The summed E-state index contributed by atoms with van der Waals surface area (Å²) in [4.78, 5) is 4.18. The summed E-state index contributed by atoms with van der Waals surface area (Å²) in [5.74, 6) is 0. The fourth-order valence-electron chi connectivity index (χ4n) is 0.190. The average Bonchev–Trinajstić information content (AvgIpc) is 1.72. The van der Waals surface area contributed by atoms with Crippen LogP contribution in [0.25, 0.3) is 0 Å². The van der Waals surface area contributed by atoms with E-state index in [2.05, 4.69) is 15.6 Å². The van der Waals surface area contributed by atoms with Crippen molar-refractivity contribution in [1.29, 1.82) is 0 Å². The van der Waals surface area contributed by atoms with Gasteiger partial charge in [0.15, 0.2) is 0 Å². The number of allylic oxidation sites excluding steroid dienone is 1. The Morgan fingerprint density at radius 1 is 1.50 bits per heavy atom. The predicted octanol–water partition coefficient (Wildman–Crippen LogP) is 0.0355. The molecule has 1 radical (unpaired) electrons. The topological polar surface area (TPSA) is 35.7 Å². The fraction of sp³-hybridized carbons (Fsp3) is 0. The molecule has 0 aromatic carbocycles. The van der Waals surface area contributed by atoms with Gasteiger partial charge in [0.2, 0.25) is 0 Å². The van der Waals surface area contributed by atoms with E-state index in [0.717, 1.165) is 0 Å². The van der Waals surface area contributed by atoms with Crippen LogP contribution in [-0.4, -0.2) is 6.21 Å². The Morgan fingerprint density at radius 2 is 2.50 bits per heavy atom. The molecule has 0 N–H and O–H groups in total. The standard InChI is InChI=1S/C3H3N2O/c1-2-4-6-5-3-1/h1-3H. The number of hydrogen-bond donors (Lipinski definition) is 0. The minimum Gasteiger partial charge on any atom is -0.245 e. The van der Waals surface area contributed by atoms with Gasteiger partial charge in [0.25, 0.3) is 0 Å². The van der Waals surface area contributed by atoms with Crippen molar-refractivity contribution < 1.29 is 4.94 Å². The molecule has 0 saturated heterocycles. The molecule has 0 unspecified atom stereocenters. The van der Waals surface area contributed by atoms with Crippen LogP contribution in [0.3, 0.4) is 0 Å². The minimum atomic E-state index is 1.52. The van der Waals surface area contributed by atoms with Crippen molar-refractivity contribution in [2.75, 3.05) is 0 Å². The molecule has 0 aromatic rings. The summed E-state index contributed by atoms with van der Waals surface area (Å²) in [6.45, 7) is 0. The van der Waals surface area contributed by atoms with Gasteiger partial charge in [-0.05, 0) is 6.08 Å². The first-order valence-corrected chi connectivity index (χ1v) is 1.55. The predicted molar refractivity (Wildman–Crippen MR) is 20.9 cm³/mol. The van der Waals surface area contributed by atoms with E-state index in [1.54, 1.807) is 6.08 Å². The summed E-state index contributed by atoms with van der Waals surface area (Å²) in [6.07, 6.45) is 4.73. The summed E-state index contributed by atoms with van der Waals surface area (Å²) >= 11 is 0. The maximum absolute atomic E-state index is 4.18. The van der Waals surface area contributed by atoms with E-state index in [4.69, 9.17) is 0 Å². The molecule has 3 heteroatoms. The van der Waals surface area contributed by atoms with Crippen LogP contribution in [0, 0.1) is 0 Å². The van der Waals surface area contributed by atoms with Gasteiger partial charge in [-0.1, -0.05) is 10.6 Å². The lowest BCUT2D eigenvalue weighted by Crippen LogP contribution is -1.94. The Kier molecular flexibility index (Phi) is 0.774. The lowest BCUT2D eigenvalue weighted by molar-refractivity contribution is 0.0689. The first kappa shape index (κ1) is 3.21. The van der Waals surface area contributed by atoms with Crippen molar-refractivity contribution in [3.8, 4) is 0 Å². The molecule has 0 saturated carbocycles. The van der Waals surface area contributed by atoms with Gasteiger partial charge in [0.1, 0.15) is 0 Å². The van der Waals surface area contributed by atoms with Gasteiger partial charge in [-0.3, -0.25) is 0 Å². The van der Waals surface area contributed by atoms with Crippen molar-refractivity contribution in [2.24, 2.45) is 5.16 Å². The van der Waals surface area contributed by atoms with Gasteiger partial charge in [0.05, 0.1) is 12.4 Å². The molecule has 0 spiro atoms. The molecule has 1 aliphatic rings. The van der Waals surface area contributed by atoms with Crippen LogP contribution < -0.4 is 5.48 Å². The highest BCUT2D eigenvalue weighted by molar-refractivity contribution is 5.70. The van der Waals surface area contributed by atoms with Gasteiger partial charge in [-0.2, -0.15) is 0 Å². The van der Waals surface area contributed by atoms with Gasteiger partial charge >= 0.3 is 0 Å². The second kappa shape index (κ2) is 1.45. The van der Waals surface area contributed by atoms with Gasteiger partial charge in [-0.15, -0.1) is 0 Å². The Labute approximate surface area is 35.2 Å². The van der Waals surface area contributed by atoms with Crippen LogP contribution in [0.2, 0.25) is 0 Å². The van der Waals surface area contributed by atoms with Gasteiger partial charge < -0.3 is 0 Å². The zero-order valence-electron chi connectivity index (χ0n) is 3.03. The van der Waals surface area contributed by atoms with Crippen LogP contribution in [0.15, 0.2) is 17.4 Å². The van der Waals surface area contributed by atoms with Crippen molar-refractivity contribution in [1.82, 2.24) is 5.48 Å². The van der Waals surface area contributed by atoms with E-state index in [1.807, 2.05) is 0 Å². The molecule has 0 atom stereocenters. The smallest absolute Gasteiger partial charge is 0.0712 e. The van der Waals surface area contributed by atoms with Gasteiger partial charge in [-0.25, -0.2) is 4.94 Å². The van der Waals surface area contributed by atoms with Crippen molar-refractivity contribution >= 4 is 6.21 Å². The third kappa shape index (κ3) is 0.484. The number of oxime groups is 1. The zero-order chi connectivity index (χ0) is 4.24. The third-order valence-electron chi connectivity index (χ3n) is 0.388. The summed E-state index contributed by atoms with van der Waals surface area (Å²) < 4.78 is 0. The van der Waals surface area contributed by atoms with Crippen LogP contribution >= 0.6 is 0 Å². The second-order valence-electron chi connectivity index (χ2n) is 0.783. The molecule has 1 aliphatic heterocycles. The fourth-order valence-corrected chi connectivity index (χ4v) is 0.190. The van der Waals surface area contributed by atoms with Crippen molar-refractivity contribution in [3.63, 3.8) is 0 Å². The maximum atomic E-state index is 4.18. The third-order valence-corrected chi connectivity index (χ3v) is 0.388. The van der Waals surface area contributed by atoms with Crippen LogP contribution in [0.1, 0.15) is 0 Å². The second-order valence-corrected chi connectivity index (χ2v) is 0.783. The first-order valence-electron chi connectivity index (χ1n) is 1.55. The van der Waals surface area contributed by atoms with Gasteiger partial charge in [0, 0.05) is 0 Å². The van der Waals surface area contributed by atoms with E-state index >= 15 is 0 Å². The SMILES string of the molecule is C1=C[N]ON=C1. The number of hydrogen-bond acceptors (Lipinski definition) is 2. The molecule has 31 valence electrons. The molecule has 0 aromatic heterocycles. The first-order chi connectivity index (χ1) is 3.00. The zero-order valence-corrected chi connectivity index (χ0v) is 3.03. The highest BCUT2D eigenvalue weighted by atomic mass is 16.8. The molecule has 6 heavy (non-hydrogen) atoms. The van der Waals surface area contributed by atoms with Crippen molar-refractivity contribution in [3.05, 3.63) is 12.3 Å². The Bertz CT molecular complexity index is 74.8. The minimum absolute atomic E-state index is 1.52. The summed E-state index contributed by atoms with van der Waals surface area (Å²) in [7, 11) is 0. The van der Waals surface area contributed by atoms with E-state index < -0.39 is 0 Å². The lowest BCUT2D eigenvalue weighted by atomic mass is 10.7. The summed E-state index contributed by atoms with van der Waals surface area (Å²) in [5, 5.41) is 3.30. The highest BCUT2D eigenvalue weighted by Gasteiger charge is 1.77.